The van der Waals surface area contributed by atoms with Crippen molar-refractivity contribution in [2.45, 2.75) is 58.1 Å². The SMILES string of the molecule is CC(C)(C)OC(=O)N1c2c(Br)cc(I)cc2CCC1CCc1ccccc1. The lowest BCUT2D eigenvalue weighted by Crippen LogP contribution is -2.46. The fourth-order valence-corrected chi connectivity index (χ4v) is 5.32. The van der Waals surface area contributed by atoms with Crippen molar-refractivity contribution in [3.8, 4) is 0 Å². The topological polar surface area (TPSA) is 29.5 Å². The van der Waals surface area contributed by atoms with Gasteiger partial charge in [-0.15, -0.1) is 0 Å². The molecule has 1 heterocycles. The first-order valence-corrected chi connectivity index (χ1v) is 11.2. The summed E-state index contributed by atoms with van der Waals surface area (Å²) < 4.78 is 7.90. The van der Waals surface area contributed by atoms with Crippen molar-refractivity contribution in [1.82, 2.24) is 0 Å². The first kappa shape index (κ1) is 20.6. The maximum absolute atomic E-state index is 13.1. The minimum absolute atomic E-state index is 0.129. The van der Waals surface area contributed by atoms with Crippen LogP contribution in [0, 0.1) is 3.57 Å². The third-order valence-corrected chi connectivity index (χ3v) is 5.89. The Bertz CT molecular complexity index is 817. The summed E-state index contributed by atoms with van der Waals surface area (Å²) in [6.45, 7) is 5.74. The van der Waals surface area contributed by atoms with E-state index in [-0.39, 0.29) is 12.1 Å². The van der Waals surface area contributed by atoms with Crippen LogP contribution in [-0.2, 0) is 17.6 Å². The average Bonchev–Trinajstić information content (AvgIpc) is 2.58. The van der Waals surface area contributed by atoms with Gasteiger partial charge >= 0.3 is 6.09 Å². The van der Waals surface area contributed by atoms with E-state index in [4.69, 9.17) is 4.74 Å². The molecule has 1 atom stereocenters. The number of fused-ring (bicyclic) bond motifs is 1. The molecule has 1 amide bonds. The van der Waals surface area contributed by atoms with Gasteiger partial charge in [0.25, 0.3) is 0 Å². The number of hydrogen-bond acceptors (Lipinski definition) is 2. The van der Waals surface area contributed by atoms with Gasteiger partial charge in [0.1, 0.15) is 5.60 Å². The molecule has 0 radical (unpaired) electrons. The van der Waals surface area contributed by atoms with Crippen molar-refractivity contribution >= 4 is 50.3 Å². The summed E-state index contributed by atoms with van der Waals surface area (Å²) in [6.07, 6.45) is 3.53. The van der Waals surface area contributed by atoms with Crippen molar-refractivity contribution in [3.63, 3.8) is 0 Å². The average molecular weight is 542 g/mol. The summed E-state index contributed by atoms with van der Waals surface area (Å²) in [7, 11) is 0. The third kappa shape index (κ3) is 5.25. The predicted octanol–water partition coefficient (Wildman–Crippen LogP) is 6.74. The molecule has 2 aromatic rings. The van der Waals surface area contributed by atoms with Crippen molar-refractivity contribution in [3.05, 3.63) is 61.6 Å². The van der Waals surface area contributed by atoms with Gasteiger partial charge in [0, 0.05) is 14.1 Å². The fraction of sp³-hybridized carbons (Fsp3) is 0.409. The quantitative estimate of drug-likeness (QED) is 0.402. The Morgan fingerprint density at radius 1 is 1.26 bits per heavy atom. The van der Waals surface area contributed by atoms with Crippen LogP contribution in [0.15, 0.2) is 46.9 Å². The molecule has 0 saturated heterocycles. The molecule has 27 heavy (non-hydrogen) atoms. The van der Waals surface area contributed by atoms with Crippen molar-refractivity contribution in [2.75, 3.05) is 4.90 Å². The Balaban J connectivity index is 1.91. The first-order valence-electron chi connectivity index (χ1n) is 9.28. The van der Waals surface area contributed by atoms with Crippen LogP contribution in [0.5, 0.6) is 0 Å². The molecular formula is C22H25BrINO2. The highest BCUT2D eigenvalue weighted by atomic mass is 127. The van der Waals surface area contributed by atoms with E-state index in [2.05, 4.69) is 74.9 Å². The zero-order valence-electron chi connectivity index (χ0n) is 16.0. The molecule has 3 rings (SSSR count). The molecular weight excluding hydrogens is 517 g/mol. The van der Waals surface area contributed by atoms with Crippen LogP contribution in [0.4, 0.5) is 10.5 Å². The van der Waals surface area contributed by atoms with Gasteiger partial charge in [-0.2, -0.15) is 0 Å². The van der Waals surface area contributed by atoms with Crippen LogP contribution in [0.1, 0.15) is 44.7 Å². The molecule has 0 fully saturated rings. The zero-order chi connectivity index (χ0) is 19.6. The van der Waals surface area contributed by atoms with Crippen LogP contribution in [-0.4, -0.2) is 17.7 Å². The van der Waals surface area contributed by atoms with E-state index >= 15 is 0 Å². The number of aryl methyl sites for hydroxylation is 2. The number of halogens is 2. The lowest BCUT2D eigenvalue weighted by molar-refractivity contribution is 0.0558. The summed E-state index contributed by atoms with van der Waals surface area (Å²) in [5.41, 5.74) is 2.95. The highest BCUT2D eigenvalue weighted by Gasteiger charge is 2.35. The second-order valence-electron chi connectivity index (χ2n) is 7.96. The minimum atomic E-state index is -0.519. The maximum Gasteiger partial charge on any atom is 0.415 e. The number of ether oxygens (including phenoxy) is 1. The molecule has 0 N–H and O–H groups in total. The number of rotatable bonds is 3. The normalized spacial score (nSPS) is 16.8. The van der Waals surface area contributed by atoms with Crippen molar-refractivity contribution < 1.29 is 9.53 Å². The summed E-state index contributed by atoms with van der Waals surface area (Å²) in [5, 5.41) is 0. The molecule has 0 bridgehead atoms. The van der Waals surface area contributed by atoms with Crippen LogP contribution in [0.2, 0.25) is 0 Å². The number of nitrogens with zero attached hydrogens (tertiary/aromatic N) is 1. The number of amides is 1. The third-order valence-electron chi connectivity index (χ3n) is 4.66. The van der Waals surface area contributed by atoms with E-state index in [0.29, 0.717) is 0 Å². The van der Waals surface area contributed by atoms with Gasteiger partial charge in [0.15, 0.2) is 0 Å². The van der Waals surface area contributed by atoms with Gasteiger partial charge < -0.3 is 4.74 Å². The van der Waals surface area contributed by atoms with E-state index in [9.17, 15) is 4.79 Å². The smallest absolute Gasteiger partial charge is 0.415 e. The zero-order valence-corrected chi connectivity index (χ0v) is 19.7. The molecule has 0 spiro atoms. The number of benzene rings is 2. The monoisotopic (exact) mass is 541 g/mol. The lowest BCUT2D eigenvalue weighted by atomic mass is 9.92. The highest BCUT2D eigenvalue weighted by Crippen LogP contribution is 2.40. The minimum Gasteiger partial charge on any atom is -0.443 e. The van der Waals surface area contributed by atoms with E-state index in [1.54, 1.807) is 0 Å². The number of carbonyl (C=O) groups is 1. The Morgan fingerprint density at radius 3 is 2.63 bits per heavy atom. The van der Waals surface area contributed by atoms with E-state index in [1.807, 2.05) is 31.7 Å². The molecule has 3 nitrogen and oxygen atoms in total. The molecule has 144 valence electrons. The molecule has 0 aromatic heterocycles. The van der Waals surface area contributed by atoms with E-state index < -0.39 is 5.60 Å². The number of anilines is 1. The Kier molecular flexibility index (Phi) is 6.51. The summed E-state index contributed by atoms with van der Waals surface area (Å²) >= 11 is 6.01. The molecule has 2 aromatic carbocycles. The molecule has 0 saturated carbocycles. The van der Waals surface area contributed by atoms with Crippen LogP contribution >= 0.6 is 38.5 Å². The van der Waals surface area contributed by atoms with Gasteiger partial charge in [-0.25, -0.2) is 4.79 Å². The predicted molar refractivity (Wildman–Crippen MR) is 122 cm³/mol. The van der Waals surface area contributed by atoms with Crippen molar-refractivity contribution in [2.24, 2.45) is 0 Å². The summed E-state index contributed by atoms with van der Waals surface area (Å²) in [5.74, 6) is 0. The first-order chi connectivity index (χ1) is 12.7. The van der Waals surface area contributed by atoms with Crippen LogP contribution in [0.25, 0.3) is 0 Å². The lowest BCUT2D eigenvalue weighted by Gasteiger charge is -2.39. The summed E-state index contributed by atoms with van der Waals surface area (Å²) in [6, 6.07) is 14.8. The maximum atomic E-state index is 13.1. The largest absolute Gasteiger partial charge is 0.443 e. The van der Waals surface area contributed by atoms with Crippen LogP contribution in [0.3, 0.4) is 0 Å². The highest BCUT2D eigenvalue weighted by molar-refractivity contribution is 14.1. The Labute approximate surface area is 183 Å². The Morgan fingerprint density at radius 2 is 1.96 bits per heavy atom. The van der Waals surface area contributed by atoms with Gasteiger partial charge in [-0.05, 0) is 108 Å². The second kappa shape index (κ2) is 8.52. The molecule has 0 aliphatic carbocycles. The summed E-state index contributed by atoms with van der Waals surface area (Å²) in [4.78, 5) is 15.0. The Hall–Kier alpha value is -1.08. The fourth-order valence-electron chi connectivity index (χ4n) is 3.52. The number of hydrogen-bond donors (Lipinski definition) is 0. The van der Waals surface area contributed by atoms with Crippen LogP contribution < -0.4 is 4.90 Å². The van der Waals surface area contributed by atoms with Crippen molar-refractivity contribution in [1.29, 1.82) is 0 Å². The molecule has 1 unspecified atom stereocenters. The molecule has 5 heteroatoms. The van der Waals surface area contributed by atoms with Gasteiger partial charge in [-0.1, -0.05) is 30.3 Å². The van der Waals surface area contributed by atoms with Gasteiger partial charge in [0.2, 0.25) is 0 Å². The van der Waals surface area contributed by atoms with E-state index in [0.717, 1.165) is 35.8 Å². The van der Waals surface area contributed by atoms with E-state index in [1.165, 1.54) is 14.7 Å². The van der Waals surface area contributed by atoms with Gasteiger partial charge in [0.05, 0.1) is 5.69 Å². The standard InChI is InChI=1S/C22H25BrINO2/c1-22(2,3)27-21(26)25-18(11-9-15-7-5-4-6-8-15)12-10-16-13-17(24)14-19(23)20(16)25/h4-8,13-14,18H,9-12H2,1-3H3. The second-order valence-corrected chi connectivity index (χ2v) is 10.1. The molecule has 1 aliphatic rings. The van der Waals surface area contributed by atoms with Gasteiger partial charge in [-0.3, -0.25) is 4.90 Å². The molecule has 1 aliphatic heterocycles. The number of carbonyl (C=O) groups excluding carboxylic acids is 1.